The van der Waals surface area contributed by atoms with Gasteiger partial charge in [0.15, 0.2) is 0 Å². The molecule has 1 heterocycles. The fourth-order valence-electron chi connectivity index (χ4n) is 1.56. The SMILES string of the molecule is Cc1noc(C)c1CN(CC(=O)O)CC(F)(F)F. The van der Waals surface area contributed by atoms with Crippen LogP contribution in [0.5, 0.6) is 0 Å². The van der Waals surface area contributed by atoms with Crippen LogP contribution in [0.4, 0.5) is 13.2 Å². The van der Waals surface area contributed by atoms with Gasteiger partial charge >= 0.3 is 12.1 Å². The number of aromatic nitrogens is 1. The normalized spacial score (nSPS) is 12.1. The number of hydrogen-bond donors (Lipinski definition) is 1. The molecule has 0 aliphatic heterocycles. The third-order valence-electron chi connectivity index (χ3n) is 2.32. The molecule has 1 aromatic heterocycles. The summed E-state index contributed by atoms with van der Waals surface area (Å²) >= 11 is 0. The second-order valence-corrected chi connectivity index (χ2v) is 3.96. The van der Waals surface area contributed by atoms with Crippen LogP contribution in [0.15, 0.2) is 4.52 Å². The lowest BCUT2D eigenvalue weighted by Gasteiger charge is -2.21. The van der Waals surface area contributed by atoms with Crippen LogP contribution in [-0.2, 0) is 11.3 Å². The molecule has 8 heteroatoms. The molecule has 0 spiro atoms. The Morgan fingerprint density at radius 3 is 2.44 bits per heavy atom. The van der Waals surface area contributed by atoms with Crippen LogP contribution in [-0.4, -0.2) is 40.4 Å². The van der Waals surface area contributed by atoms with Gasteiger partial charge in [0, 0.05) is 12.1 Å². The molecule has 5 nitrogen and oxygen atoms in total. The summed E-state index contributed by atoms with van der Waals surface area (Å²) in [6, 6.07) is 0. The van der Waals surface area contributed by atoms with Gasteiger partial charge in [-0.3, -0.25) is 9.69 Å². The molecule has 0 fully saturated rings. The number of carboxylic acid groups (broad SMARTS) is 1. The molecule has 1 N–H and O–H groups in total. The number of alkyl halides is 3. The van der Waals surface area contributed by atoms with Gasteiger partial charge in [-0.25, -0.2) is 0 Å². The highest BCUT2D eigenvalue weighted by Gasteiger charge is 2.32. The Balaban J connectivity index is 2.81. The first kappa shape index (κ1) is 14.5. The zero-order valence-corrected chi connectivity index (χ0v) is 9.91. The van der Waals surface area contributed by atoms with Gasteiger partial charge in [-0.05, 0) is 13.8 Å². The van der Waals surface area contributed by atoms with E-state index in [4.69, 9.17) is 9.63 Å². The molecule has 0 saturated carbocycles. The number of hydrogen-bond acceptors (Lipinski definition) is 4. The molecule has 1 aromatic rings. The average molecular weight is 266 g/mol. The van der Waals surface area contributed by atoms with Gasteiger partial charge in [0.1, 0.15) is 5.76 Å². The van der Waals surface area contributed by atoms with Crippen molar-refractivity contribution in [2.45, 2.75) is 26.6 Å². The van der Waals surface area contributed by atoms with E-state index in [2.05, 4.69) is 5.16 Å². The molecule has 0 radical (unpaired) electrons. The van der Waals surface area contributed by atoms with Gasteiger partial charge in [0.25, 0.3) is 0 Å². The maximum atomic E-state index is 12.3. The summed E-state index contributed by atoms with van der Waals surface area (Å²) in [5.74, 6) is -0.920. The summed E-state index contributed by atoms with van der Waals surface area (Å²) in [6.45, 7) is 1.03. The minimum Gasteiger partial charge on any atom is -0.480 e. The van der Waals surface area contributed by atoms with Gasteiger partial charge in [-0.15, -0.1) is 0 Å². The quantitative estimate of drug-likeness (QED) is 0.879. The zero-order valence-electron chi connectivity index (χ0n) is 9.91. The standard InChI is InChI=1S/C10H13F3N2O3/c1-6-8(7(2)18-14-6)3-15(4-9(16)17)5-10(11,12)13/h3-5H2,1-2H3,(H,16,17). The molecule has 0 unspecified atom stereocenters. The monoisotopic (exact) mass is 266 g/mol. The van der Waals surface area contributed by atoms with Crippen LogP contribution < -0.4 is 0 Å². The van der Waals surface area contributed by atoms with E-state index in [0.29, 0.717) is 17.0 Å². The maximum absolute atomic E-state index is 12.3. The lowest BCUT2D eigenvalue weighted by Crippen LogP contribution is -2.37. The molecule has 0 saturated heterocycles. The number of carbonyl (C=O) groups is 1. The van der Waals surface area contributed by atoms with E-state index in [1.165, 1.54) is 0 Å². The van der Waals surface area contributed by atoms with Gasteiger partial charge < -0.3 is 9.63 Å². The average Bonchev–Trinajstić information content (AvgIpc) is 2.45. The molecule has 1 rings (SSSR count). The molecule has 102 valence electrons. The highest BCUT2D eigenvalue weighted by Crippen LogP contribution is 2.20. The van der Waals surface area contributed by atoms with Crippen LogP contribution in [0.25, 0.3) is 0 Å². The summed E-state index contributed by atoms with van der Waals surface area (Å²) < 4.78 is 41.8. The van der Waals surface area contributed by atoms with E-state index in [1.54, 1.807) is 13.8 Å². The number of aryl methyl sites for hydroxylation is 2. The Kier molecular flexibility index (Phi) is 4.33. The lowest BCUT2D eigenvalue weighted by atomic mass is 10.2. The highest BCUT2D eigenvalue weighted by atomic mass is 19.4. The van der Waals surface area contributed by atoms with Crippen molar-refractivity contribution in [2.24, 2.45) is 0 Å². The molecular weight excluding hydrogens is 253 g/mol. The smallest absolute Gasteiger partial charge is 0.401 e. The van der Waals surface area contributed by atoms with Crippen LogP contribution in [0.1, 0.15) is 17.0 Å². The van der Waals surface area contributed by atoms with Crippen molar-refractivity contribution in [3.8, 4) is 0 Å². The first-order valence-electron chi connectivity index (χ1n) is 5.11. The van der Waals surface area contributed by atoms with E-state index < -0.39 is 25.2 Å². The van der Waals surface area contributed by atoms with E-state index in [-0.39, 0.29) is 6.54 Å². The highest BCUT2D eigenvalue weighted by molar-refractivity contribution is 5.69. The molecule has 0 bridgehead atoms. The van der Waals surface area contributed by atoms with Gasteiger partial charge in [-0.2, -0.15) is 13.2 Å². The molecule has 0 aliphatic carbocycles. The molecule has 18 heavy (non-hydrogen) atoms. The Morgan fingerprint density at radius 1 is 1.44 bits per heavy atom. The van der Waals surface area contributed by atoms with Crippen molar-refractivity contribution in [3.05, 3.63) is 17.0 Å². The van der Waals surface area contributed by atoms with Crippen LogP contribution >= 0.6 is 0 Å². The molecule has 0 aromatic carbocycles. The number of halogens is 3. The third kappa shape index (κ3) is 4.36. The Bertz CT molecular complexity index is 409. The van der Waals surface area contributed by atoms with E-state index in [9.17, 15) is 18.0 Å². The topological polar surface area (TPSA) is 66.6 Å². The van der Waals surface area contributed by atoms with Crippen molar-refractivity contribution in [3.63, 3.8) is 0 Å². The second-order valence-electron chi connectivity index (χ2n) is 3.96. The zero-order chi connectivity index (χ0) is 13.9. The van der Waals surface area contributed by atoms with E-state index in [0.717, 1.165) is 4.90 Å². The molecule has 0 amide bonds. The second kappa shape index (κ2) is 5.38. The predicted octanol–water partition coefficient (Wildman–Crippen LogP) is 1.74. The van der Waals surface area contributed by atoms with Gasteiger partial charge in [0.05, 0.1) is 18.8 Å². The summed E-state index contributed by atoms with van der Waals surface area (Å²) in [6.07, 6.45) is -4.45. The van der Waals surface area contributed by atoms with Crippen LogP contribution in [0, 0.1) is 13.8 Å². The minimum absolute atomic E-state index is 0.160. The van der Waals surface area contributed by atoms with Crippen molar-refractivity contribution in [1.82, 2.24) is 10.1 Å². The fraction of sp³-hybridized carbons (Fsp3) is 0.600. The lowest BCUT2D eigenvalue weighted by molar-refractivity contribution is -0.154. The number of rotatable bonds is 5. The largest absolute Gasteiger partial charge is 0.480 e. The van der Waals surface area contributed by atoms with Crippen LogP contribution in [0.3, 0.4) is 0 Å². The van der Waals surface area contributed by atoms with E-state index >= 15 is 0 Å². The van der Waals surface area contributed by atoms with Crippen molar-refractivity contribution >= 4 is 5.97 Å². The Morgan fingerprint density at radius 2 is 2.06 bits per heavy atom. The molecular formula is C10H13F3N2O3. The van der Waals surface area contributed by atoms with Crippen molar-refractivity contribution in [2.75, 3.05) is 13.1 Å². The Labute approximate surface area is 101 Å². The third-order valence-corrected chi connectivity index (χ3v) is 2.32. The summed E-state index contributed by atoms with van der Waals surface area (Å²) in [7, 11) is 0. The summed E-state index contributed by atoms with van der Waals surface area (Å²) in [5.41, 5.74) is 0.950. The number of nitrogens with zero attached hydrogens (tertiary/aromatic N) is 2. The van der Waals surface area contributed by atoms with Gasteiger partial charge in [0.2, 0.25) is 0 Å². The summed E-state index contributed by atoms with van der Waals surface area (Å²) in [5, 5.41) is 12.2. The number of aliphatic carboxylic acids is 1. The first-order valence-corrected chi connectivity index (χ1v) is 5.11. The van der Waals surface area contributed by atoms with Gasteiger partial charge in [-0.1, -0.05) is 5.16 Å². The van der Waals surface area contributed by atoms with Crippen molar-refractivity contribution < 1.29 is 27.6 Å². The minimum atomic E-state index is -4.45. The number of carboxylic acids is 1. The Hall–Kier alpha value is -1.57. The fourth-order valence-corrected chi connectivity index (χ4v) is 1.56. The predicted molar refractivity (Wildman–Crippen MR) is 54.9 cm³/mol. The first-order chi connectivity index (χ1) is 8.19. The van der Waals surface area contributed by atoms with Crippen molar-refractivity contribution in [1.29, 1.82) is 0 Å². The summed E-state index contributed by atoms with van der Waals surface area (Å²) in [4.78, 5) is 11.3. The molecule has 0 atom stereocenters. The maximum Gasteiger partial charge on any atom is 0.401 e. The van der Waals surface area contributed by atoms with E-state index in [1.807, 2.05) is 0 Å². The molecule has 0 aliphatic rings. The van der Waals surface area contributed by atoms with Crippen LogP contribution in [0.2, 0.25) is 0 Å².